The van der Waals surface area contributed by atoms with Gasteiger partial charge in [0, 0.05) is 19.1 Å². The van der Waals surface area contributed by atoms with Gasteiger partial charge in [-0.3, -0.25) is 0 Å². The van der Waals surface area contributed by atoms with Crippen molar-refractivity contribution in [1.29, 1.82) is 0 Å². The second-order valence-electron chi connectivity index (χ2n) is 6.22. The normalized spacial score (nSPS) is 21.6. The first-order chi connectivity index (χ1) is 9.33. The van der Waals surface area contributed by atoms with Gasteiger partial charge < -0.3 is 24.8 Å². The average molecular weight is 288 g/mol. The number of amides is 1. The molecule has 0 aromatic heterocycles. The molecule has 0 bridgehead atoms. The molecule has 2 unspecified atom stereocenters. The average Bonchev–Trinajstić information content (AvgIpc) is 2.35. The number of aliphatic hydroxyl groups is 1. The minimum atomic E-state index is -0.485. The third-order valence-corrected chi connectivity index (χ3v) is 3.09. The van der Waals surface area contributed by atoms with Gasteiger partial charge in [-0.25, -0.2) is 4.79 Å². The topological polar surface area (TPSA) is 71.0 Å². The number of ether oxygens (including phenoxy) is 2. The van der Waals surface area contributed by atoms with Gasteiger partial charge in [-0.2, -0.15) is 0 Å². The maximum atomic E-state index is 12.2. The van der Waals surface area contributed by atoms with E-state index in [0.717, 1.165) is 6.42 Å². The fraction of sp³-hybridized carbons (Fsp3) is 0.929. The van der Waals surface area contributed by atoms with Gasteiger partial charge in [-0.1, -0.05) is 0 Å². The Morgan fingerprint density at radius 3 is 2.85 bits per heavy atom. The Morgan fingerprint density at radius 1 is 1.55 bits per heavy atom. The molecule has 0 radical (unpaired) electrons. The lowest BCUT2D eigenvalue weighted by Crippen LogP contribution is -2.52. The van der Waals surface area contributed by atoms with Crippen LogP contribution in [-0.4, -0.2) is 66.7 Å². The molecule has 0 aromatic rings. The molecule has 1 amide bonds. The van der Waals surface area contributed by atoms with Gasteiger partial charge in [0.2, 0.25) is 0 Å². The van der Waals surface area contributed by atoms with E-state index in [0.29, 0.717) is 26.3 Å². The summed E-state index contributed by atoms with van der Waals surface area (Å²) in [6, 6.07) is 0.221. The first-order valence-corrected chi connectivity index (χ1v) is 7.25. The molecule has 0 spiro atoms. The van der Waals surface area contributed by atoms with Crippen molar-refractivity contribution in [3.63, 3.8) is 0 Å². The Morgan fingerprint density at radius 2 is 2.25 bits per heavy atom. The molecule has 0 aliphatic carbocycles. The lowest BCUT2D eigenvalue weighted by Gasteiger charge is -2.37. The molecule has 2 atom stereocenters. The second-order valence-corrected chi connectivity index (χ2v) is 6.22. The van der Waals surface area contributed by atoms with Crippen molar-refractivity contribution in [2.75, 3.05) is 32.9 Å². The van der Waals surface area contributed by atoms with Crippen LogP contribution in [-0.2, 0) is 9.47 Å². The van der Waals surface area contributed by atoms with Gasteiger partial charge in [0.15, 0.2) is 0 Å². The molecule has 20 heavy (non-hydrogen) atoms. The van der Waals surface area contributed by atoms with E-state index in [-0.39, 0.29) is 24.8 Å². The molecule has 118 valence electrons. The molecule has 6 heteroatoms. The van der Waals surface area contributed by atoms with E-state index >= 15 is 0 Å². The molecule has 6 nitrogen and oxygen atoms in total. The van der Waals surface area contributed by atoms with Crippen LogP contribution >= 0.6 is 0 Å². The van der Waals surface area contributed by atoms with Crippen LogP contribution in [0.15, 0.2) is 0 Å². The Bertz CT molecular complexity index is 304. The summed E-state index contributed by atoms with van der Waals surface area (Å²) in [4.78, 5) is 14.0. The zero-order valence-corrected chi connectivity index (χ0v) is 13.0. The summed E-state index contributed by atoms with van der Waals surface area (Å²) in [5.74, 6) is 0. The van der Waals surface area contributed by atoms with Crippen LogP contribution in [0.2, 0.25) is 0 Å². The Labute approximate surface area is 121 Å². The molecular weight excluding hydrogens is 260 g/mol. The van der Waals surface area contributed by atoms with E-state index < -0.39 is 5.60 Å². The highest BCUT2D eigenvalue weighted by Gasteiger charge is 2.31. The molecule has 1 aliphatic heterocycles. The molecule has 2 N–H and O–H groups in total. The third-order valence-electron chi connectivity index (χ3n) is 3.09. The van der Waals surface area contributed by atoms with Crippen LogP contribution in [0, 0.1) is 0 Å². The highest BCUT2D eigenvalue weighted by Crippen LogP contribution is 2.17. The smallest absolute Gasteiger partial charge is 0.410 e. The van der Waals surface area contributed by atoms with Crippen molar-refractivity contribution in [2.45, 2.75) is 51.8 Å². The summed E-state index contributed by atoms with van der Waals surface area (Å²) in [6.07, 6.45) is 0.499. The van der Waals surface area contributed by atoms with E-state index in [1.807, 2.05) is 27.7 Å². The number of morpholine rings is 1. The summed E-state index contributed by atoms with van der Waals surface area (Å²) in [7, 11) is 0. The maximum absolute atomic E-state index is 12.2. The predicted molar refractivity (Wildman–Crippen MR) is 76.7 cm³/mol. The first-order valence-electron chi connectivity index (χ1n) is 7.25. The molecule has 0 saturated carbocycles. The van der Waals surface area contributed by atoms with Gasteiger partial charge in [-0.15, -0.1) is 0 Å². The third kappa shape index (κ3) is 6.07. The number of rotatable bonds is 5. The number of carbonyl (C=O) groups is 1. The summed E-state index contributed by atoms with van der Waals surface area (Å²) in [6.45, 7) is 9.95. The Kier molecular flexibility index (Phi) is 6.71. The van der Waals surface area contributed by atoms with Gasteiger partial charge in [0.25, 0.3) is 0 Å². The molecule has 1 aliphatic rings. The van der Waals surface area contributed by atoms with E-state index in [1.54, 1.807) is 4.90 Å². The van der Waals surface area contributed by atoms with E-state index in [1.165, 1.54) is 0 Å². The lowest BCUT2D eigenvalue weighted by molar-refractivity contribution is -0.0356. The largest absolute Gasteiger partial charge is 0.444 e. The molecular formula is C14H28N2O4. The van der Waals surface area contributed by atoms with Gasteiger partial charge in [0.05, 0.1) is 25.9 Å². The minimum absolute atomic E-state index is 0.0137. The van der Waals surface area contributed by atoms with Crippen LogP contribution in [0.3, 0.4) is 0 Å². The predicted octanol–water partition coefficient (Wildman–Crippen LogP) is 0.983. The maximum Gasteiger partial charge on any atom is 0.410 e. The fourth-order valence-corrected chi connectivity index (χ4v) is 2.21. The van der Waals surface area contributed by atoms with Crippen molar-refractivity contribution in [3.8, 4) is 0 Å². The summed E-state index contributed by atoms with van der Waals surface area (Å²) < 4.78 is 10.9. The monoisotopic (exact) mass is 288 g/mol. The highest BCUT2D eigenvalue weighted by molar-refractivity contribution is 5.68. The molecule has 1 fully saturated rings. The summed E-state index contributed by atoms with van der Waals surface area (Å²) in [5.41, 5.74) is -0.485. The fourth-order valence-electron chi connectivity index (χ4n) is 2.21. The number of aliphatic hydroxyl groups excluding tert-OH is 1. The number of carbonyl (C=O) groups excluding carboxylic acids is 1. The molecule has 1 rings (SSSR count). The quantitative estimate of drug-likeness (QED) is 0.789. The van der Waals surface area contributed by atoms with Crippen LogP contribution in [0.25, 0.3) is 0 Å². The highest BCUT2D eigenvalue weighted by atomic mass is 16.6. The van der Waals surface area contributed by atoms with Crippen molar-refractivity contribution in [3.05, 3.63) is 0 Å². The Balaban J connectivity index is 2.55. The van der Waals surface area contributed by atoms with Crippen LogP contribution < -0.4 is 5.32 Å². The van der Waals surface area contributed by atoms with Crippen molar-refractivity contribution >= 4 is 6.09 Å². The van der Waals surface area contributed by atoms with Crippen molar-refractivity contribution in [1.82, 2.24) is 10.2 Å². The zero-order chi connectivity index (χ0) is 15.2. The lowest BCUT2D eigenvalue weighted by atomic mass is 10.1. The first kappa shape index (κ1) is 17.2. The second kappa shape index (κ2) is 7.81. The zero-order valence-electron chi connectivity index (χ0n) is 13.0. The summed E-state index contributed by atoms with van der Waals surface area (Å²) >= 11 is 0. The SMILES string of the molecule is CC(CC1COCCN1C(=O)OC(C)(C)C)NCCO. The number of nitrogens with zero attached hydrogens (tertiary/aromatic N) is 1. The van der Waals surface area contributed by atoms with Crippen LogP contribution in [0.4, 0.5) is 4.79 Å². The molecule has 0 aromatic carbocycles. The summed E-state index contributed by atoms with van der Waals surface area (Å²) in [5, 5.41) is 12.0. The van der Waals surface area contributed by atoms with Crippen LogP contribution in [0.5, 0.6) is 0 Å². The minimum Gasteiger partial charge on any atom is -0.444 e. The van der Waals surface area contributed by atoms with Crippen molar-refractivity contribution < 1.29 is 19.4 Å². The van der Waals surface area contributed by atoms with Gasteiger partial charge in [0.1, 0.15) is 5.60 Å². The van der Waals surface area contributed by atoms with E-state index in [4.69, 9.17) is 14.6 Å². The molecule has 1 saturated heterocycles. The standard InChI is InChI=1S/C14H28N2O4/c1-11(15-5-7-17)9-12-10-19-8-6-16(12)13(18)20-14(2,3)4/h11-12,15,17H,5-10H2,1-4H3. The van der Waals surface area contributed by atoms with Crippen molar-refractivity contribution in [2.24, 2.45) is 0 Å². The van der Waals surface area contributed by atoms with E-state index in [9.17, 15) is 4.79 Å². The number of nitrogens with one attached hydrogen (secondary N) is 1. The number of hydrogen-bond acceptors (Lipinski definition) is 5. The Hall–Kier alpha value is -0.850. The van der Waals surface area contributed by atoms with Gasteiger partial charge in [-0.05, 0) is 34.1 Å². The number of hydrogen-bond donors (Lipinski definition) is 2. The molecule has 1 heterocycles. The van der Waals surface area contributed by atoms with E-state index in [2.05, 4.69) is 5.32 Å². The van der Waals surface area contributed by atoms with Gasteiger partial charge >= 0.3 is 6.09 Å². The van der Waals surface area contributed by atoms with Crippen LogP contribution in [0.1, 0.15) is 34.1 Å².